The summed E-state index contributed by atoms with van der Waals surface area (Å²) in [6.07, 6.45) is 19.9. The topological polar surface area (TPSA) is 82.1 Å². The van der Waals surface area contributed by atoms with Gasteiger partial charge in [-0.2, -0.15) is 0 Å². The Morgan fingerprint density at radius 3 is 1.46 bits per heavy atom. The van der Waals surface area contributed by atoms with Crippen LogP contribution in [0.25, 0.3) is 0 Å². The monoisotopic (exact) mass is 641 g/mol. The van der Waals surface area contributed by atoms with E-state index < -0.39 is 0 Å². The molecule has 7 heteroatoms. The summed E-state index contributed by atoms with van der Waals surface area (Å²) in [6, 6.07) is 0. The van der Waals surface area contributed by atoms with E-state index in [9.17, 15) is 14.4 Å². The first-order valence-electron chi connectivity index (χ1n) is 19.3. The van der Waals surface area contributed by atoms with Gasteiger partial charge in [0.15, 0.2) is 0 Å². The van der Waals surface area contributed by atoms with E-state index in [4.69, 9.17) is 14.2 Å². The van der Waals surface area contributed by atoms with Crippen LogP contribution in [0.3, 0.4) is 0 Å². The Morgan fingerprint density at radius 1 is 0.565 bits per heavy atom. The molecule has 6 bridgehead atoms. The summed E-state index contributed by atoms with van der Waals surface area (Å²) in [5, 5.41) is 0. The van der Waals surface area contributed by atoms with Crippen molar-refractivity contribution >= 4 is 17.9 Å². The zero-order valence-corrected chi connectivity index (χ0v) is 29.3. The molecule has 0 aromatic carbocycles. The van der Waals surface area contributed by atoms with Crippen molar-refractivity contribution in [2.75, 3.05) is 39.5 Å². The molecule has 8 atom stereocenters. The molecule has 6 rings (SSSR count). The van der Waals surface area contributed by atoms with Crippen molar-refractivity contribution in [1.82, 2.24) is 4.90 Å². The number of esters is 3. The summed E-state index contributed by atoms with van der Waals surface area (Å²) in [5.41, 5.74) is -0.997. The van der Waals surface area contributed by atoms with Crippen molar-refractivity contribution in [3.05, 3.63) is 0 Å². The number of ether oxygens (including phenoxy) is 3. The van der Waals surface area contributed by atoms with Gasteiger partial charge in [-0.05, 0) is 113 Å². The van der Waals surface area contributed by atoms with Crippen LogP contribution in [0, 0.1) is 51.8 Å². The third-order valence-electron chi connectivity index (χ3n) is 13.5. The molecule has 0 aromatic rings. The summed E-state index contributed by atoms with van der Waals surface area (Å²) >= 11 is 0. The van der Waals surface area contributed by atoms with E-state index in [1.54, 1.807) is 0 Å². The highest BCUT2D eigenvalue weighted by Gasteiger charge is 2.49. The van der Waals surface area contributed by atoms with Crippen LogP contribution in [0.5, 0.6) is 0 Å². The van der Waals surface area contributed by atoms with Gasteiger partial charge in [0.25, 0.3) is 0 Å². The Morgan fingerprint density at radius 2 is 0.978 bits per heavy atom. The summed E-state index contributed by atoms with van der Waals surface area (Å²) in [6.45, 7) is 9.23. The van der Waals surface area contributed by atoms with Crippen LogP contribution in [0.2, 0.25) is 0 Å². The first kappa shape index (κ1) is 34.2. The van der Waals surface area contributed by atoms with Crippen LogP contribution in [0.15, 0.2) is 0 Å². The van der Waals surface area contributed by atoms with Crippen molar-refractivity contribution in [1.29, 1.82) is 0 Å². The van der Waals surface area contributed by atoms with E-state index >= 15 is 0 Å². The summed E-state index contributed by atoms with van der Waals surface area (Å²) < 4.78 is 18.0. The Bertz CT molecular complexity index is 1020. The lowest BCUT2D eigenvalue weighted by molar-refractivity contribution is -0.164. The number of fused-ring (bicyclic) bond motifs is 6. The van der Waals surface area contributed by atoms with E-state index in [2.05, 4.69) is 25.7 Å². The first-order chi connectivity index (χ1) is 22.1. The minimum absolute atomic E-state index is 0.0188. The van der Waals surface area contributed by atoms with Gasteiger partial charge in [-0.3, -0.25) is 19.3 Å². The summed E-state index contributed by atoms with van der Waals surface area (Å²) in [4.78, 5) is 42.5. The van der Waals surface area contributed by atoms with Crippen molar-refractivity contribution < 1.29 is 28.6 Å². The van der Waals surface area contributed by atoms with E-state index in [1.807, 2.05) is 0 Å². The van der Waals surface area contributed by atoms with E-state index in [0.717, 1.165) is 64.2 Å². The first-order valence-corrected chi connectivity index (χ1v) is 19.3. The molecule has 0 N–H and O–H groups in total. The van der Waals surface area contributed by atoms with E-state index in [0.29, 0.717) is 75.0 Å². The Labute approximate surface area is 278 Å². The minimum atomic E-state index is -0.382. The lowest BCUT2D eigenvalue weighted by Gasteiger charge is -2.45. The molecule has 7 nitrogen and oxygen atoms in total. The van der Waals surface area contributed by atoms with Gasteiger partial charge in [0, 0.05) is 19.6 Å². The molecule has 8 unspecified atom stereocenters. The molecule has 6 aliphatic rings. The van der Waals surface area contributed by atoms with Gasteiger partial charge in [0.05, 0.1) is 16.2 Å². The zero-order chi connectivity index (χ0) is 32.4. The SMILES string of the molecule is CC1CC2CCCC(C(=O)OCCN(CCOC(=O)C3(C)CC4CCCC(C4)C3)CCOC(=O)C34CCCC(CC(C)C3)C4)(C1)C2. The second-order valence-corrected chi connectivity index (χ2v) is 17.7. The fraction of sp³-hybridized carbons (Fsp3) is 0.923. The Kier molecular flexibility index (Phi) is 10.8. The molecule has 0 amide bonds. The van der Waals surface area contributed by atoms with Crippen LogP contribution in [-0.4, -0.2) is 62.3 Å². The second kappa shape index (κ2) is 14.5. The predicted molar refractivity (Wildman–Crippen MR) is 178 cm³/mol. The highest BCUT2D eigenvalue weighted by atomic mass is 16.5. The molecule has 6 fully saturated rings. The number of rotatable bonds is 12. The molecule has 46 heavy (non-hydrogen) atoms. The molecule has 0 saturated heterocycles. The van der Waals surface area contributed by atoms with Gasteiger partial charge in [-0.1, -0.05) is 58.8 Å². The Hall–Kier alpha value is -1.63. The van der Waals surface area contributed by atoms with Crippen LogP contribution in [-0.2, 0) is 28.6 Å². The maximum Gasteiger partial charge on any atom is 0.312 e. The van der Waals surface area contributed by atoms with E-state index in [1.165, 1.54) is 51.4 Å². The summed E-state index contributed by atoms with van der Waals surface area (Å²) in [7, 11) is 0. The summed E-state index contributed by atoms with van der Waals surface area (Å²) in [5.74, 6) is 3.67. The largest absolute Gasteiger partial charge is 0.464 e. The van der Waals surface area contributed by atoms with Gasteiger partial charge in [-0.15, -0.1) is 0 Å². The standard InChI is InChI=1S/C39H63NO6/c1-28-19-30-9-5-11-38(22-28,26-30)35(42)45-17-14-40(13-16-44-34(41)37(3)24-32-7-4-8-33(21-32)25-37)15-18-46-36(43)39-12-6-10-31(27-39)20-29(2)23-39/h28-33H,4-27H2,1-3H3. The predicted octanol–water partition coefficient (Wildman–Crippen LogP) is 7.74. The normalized spacial score (nSPS) is 40.2. The lowest BCUT2D eigenvalue weighted by Crippen LogP contribution is -2.45. The van der Waals surface area contributed by atoms with Crippen molar-refractivity contribution in [3.63, 3.8) is 0 Å². The number of hydrogen-bond acceptors (Lipinski definition) is 7. The fourth-order valence-corrected chi connectivity index (χ4v) is 11.8. The third kappa shape index (κ3) is 7.81. The maximum absolute atomic E-state index is 13.5. The lowest BCUT2D eigenvalue weighted by atomic mass is 9.59. The molecule has 0 spiro atoms. The van der Waals surface area contributed by atoms with Crippen molar-refractivity contribution in [2.24, 2.45) is 51.8 Å². The molecule has 0 aromatic heterocycles. The molecular formula is C39H63NO6. The number of nitrogens with zero attached hydrogens (tertiary/aromatic N) is 1. The van der Waals surface area contributed by atoms with Crippen LogP contribution >= 0.6 is 0 Å². The number of carbonyl (C=O) groups is 3. The van der Waals surface area contributed by atoms with E-state index in [-0.39, 0.29) is 34.2 Å². The van der Waals surface area contributed by atoms with Crippen LogP contribution < -0.4 is 0 Å². The van der Waals surface area contributed by atoms with Gasteiger partial charge >= 0.3 is 17.9 Å². The third-order valence-corrected chi connectivity index (χ3v) is 13.5. The second-order valence-electron chi connectivity index (χ2n) is 17.7. The smallest absolute Gasteiger partial charge is 0.312 e. The highest BCUT2D eigenvalue weighted by molar-refractivity contribution is 5.78. The van der Waals surface area contributed by atoms with Gasteiger partial charge in [-0.25, -0.2) is 0 Å². The average Bonchev–Trinajstić information content (AvgIpc) is 2.99. The highest BCUT2D eigenvalue weighted by Crippen LogP contribution is 2.53. The average molecular weight is 642 g/mol. The number of carbonyl (C=O) groups excluding carboxylic acids is 3. The maximum atomic E-state index is 13.5. The molecule has 0 heterocycles. The zero-order valence-electron chi connectivity index (χ0n) is 29.3. The van der Waals surface area contributed by atoms with Gasteiger partial charge in [0.1, 0.15) is 19.8 Å². The molecule has 6 aliphatic carbocycles. The molecule has 0 radical (unpaired) electrons. The van der Waals surface area contributed by atoms with Gasteiger partial charge in [0.2, 0.25) is 0 Å². The number of hydrogen-bond donors (Lipinski definition) is 0. The molecule has 0 aliphatic heterocycles. The Balaban J connectivity index is 1.02. The molecular weight excluding hydrogens is 578 g/mol. The minimum Gasteiger partial charge on any atom is -0.464 e. The van der Waals surface area contributed by atoms with Crippen LogP contribution in [0.4, 0.5) is 0 Å². The molecule has 6 saturated carbocycles. The van der Waals surface area contributed by atoms with Crippen LogP contribution in [0.1, 0.15) is 136 Å². The van der Waals surface area contributed by atoms with Gasteiger partial charge < -0.3 is 14.2 Å². The van der Waals surface area contributed by atoms with Crippen molar-refractivity contribution in [2.45, 2.75) is 136 Å². The molecule has 260 valence electrons. The van der Waals surface area contributed by atoms with Crippen molar-refractivity contribution in [3.8, 4) is 0 Å². The fourth-order valence-electron chi connectivity index (χ4n) is 11.8. The quantitative estimate of drug-likeness (QED) is 0.159.